The highest BCUT2D eigenvalue weighted by Crippen LogP contribution is 2.31. The van der Waals surface area contributed by atoms with Crippen LogP contribution in [0.15, 0.2) is 66.9 Å². The van der Waals surface area contributed by atoms with Crippen molar-refractivity contribution in [2.24, 2.45) is 0 Å². The van der Waals surface area contributed by atoms with Gasteiger partial charge in [0.25, 0.3) is 0 Å². The molecular formula is C21H18F3N3O4. The van der Waals surface area contributed by atoms with Crippen molar-refractivity contribution in [2.45, 2.75) is 13.1 Å². The van der Waals surface area contributed by atoms with Gasteiger partial charge in [-0.05, 0) is 54.6 Å². The van der Waals surface area contributed by atoms with Crippen LogP contribution in [0.2, 0.25) is 0 Å². The number of rotatable bonds is 4. The minimum Gasteiger partial charge on any atom is -0.508 e. The van der Waals surface area contributed by atoms with Crippen LogP contribution in [0.3, 0.4) is 0 Å². The van der Waals surface area contributed by atoms with Crippen molar-refractivity contribution in [3.63, 3.8) is 0 Å². The number of alkyl halides is 3. The van der Waals surface area contributed by atoms with Crippen molar-refractivity contribution in [1.29, 1.82) is 0 Å². The van der Waals surface area contributed by atoms with Crippen LogP contribution in [0.1, 0.15) is 22.8 Å². The van der Waals surface area contributed by atoms with Crippen molar-refractivity contribution in [1.82, 2.24) is 4.98 Å². The standard InChI is InChI=1S/C13H9F3N2O2.C8H9NO2/c14-13(15,16)8-3-1-4-9(7-8)18-11-10(12(19)20)5-2-6-17-11;1-6(10)9-7-2-4-8(11)5-3-7/h1-7H,(H,17,18)(H,19,20);2-5,11H,1H3,(H,9,10). The quantitative estimate of drug-likeness (QED) is 0.436. The Balaban J connectivity index is 0.000000262. The molecule has 4 N–H and O–H groups in total. The van der Waals surface area contributed by atoms with E-state index in [4.69, 9.17) is 10.2 Å². The minimum atomic E-state index is -4.46. The number of aromatic hydroxyl groups is 1. The highest BCUT2D eigenvalue weighted by Gasteiger charge is 2.30. The fourth-order valence-electron chi connectivity index (χ4n) is 2.34. The maximum absolute atomic E-state index is 12.6. The SMILES string of the molecule is CC(=O)Nc1ccc(O)cc1.O=C(O)c1cccnc1Nc1cccc(C(F)(F)F)c1. The Morgan fingerprint density at radius 3 is 2.23 bits per heavy atom. The number of hydrogen-bond acceptors (Lipinski definition) is 5. The van der Waals surface area contributed by atoms with Crippen molar-refractivity contribution in [3.05, 3.63) is 78.0 Å². The Bertz CT molecular complexity index is 1050. The van der Waals surface area contributed by atoms with E-state index in [1.54, 1.807) is 12.1 Å². The smallest absolute Gasteiger partial charge is 0.416 e. The lowest BCUT2D eigenvalue weighted by atomic mass is 10.2. The normalized spacial score (nSPS) is 10.5. The third-order valence-corrected chi connectivity index (χ3v) is 3.68. The summed E-state index contributed by atoms with van der Waals surface area (Å²) in [4.78, 5) is 25.3. The molecule has 0 aliphatic rings. The Kier molecular flexibility index (Phi) is 7.56. The van der Waals surface area contributed by atoms with E-state index in [2.05, 4.69) is 15.6 Å². The summed E-state index contributed by atoms with van der Waals surface area (Å²) in [6, 6.07) is 13.5. The number of halogens is 3. The third-order valence-electron chi connectivity index (χ3n) is 3.68. The van der Waals surface area contributed by atoms with Gasteiger partial charge in [-0.25, -0.2) is 9.78 Å². The van der Waals surface area contributed by atoms with Gasteiger partial charge in [-0.15, -0.1) is 0 Å². The van der Waals surface area contributed by atoms with Crippen LogP contribution in [0, 0.1) is 0 Å². The van der Waals surface area contributed by atoms with Crippen LogP contribution >= 0.6 is 0 Å². The van der Waals surface area contributed by atoms with E-state index in [1.807, 2.05) is 0 Å². The highest BCUT2D eigenvalue weighted by molar-refractivity contribution is 5.93. The summed E-state index contributed by atoms with van der Waals surface area (Å²) < 4.78 is 37.7. The molecule has 1 amide bonds. The number of phenolic OH excluding ortho intramolecular Hbond substituents is 1. The molecule has 3 rings (SSSR count). The highest BCUT2D eigenvalue weighted by atomic mass is 19.4. The van der Waals surface area contributed by atoms with E-state index >= 15 is 0 Å². The molecule has 162 valence electrons. The summed E-state index contributed by atoms with van der Waals surface area (Å²) in [5, 5.41) is 23.0. The van der Waals surface area contributed by atoms with Gasteiger partial charge in [0.2, 0.25) is 5.91 Å². The second-order valence-electron chi connectivity index (χ2n) is 6.14. The zero-order valence-corrected chi connectivity index (χ0v) is 16.1. The molecule has 3 aromatic rings. The molecule has 7 nitrogen and oxygen atoms in total. The van der Waals surface area contributed by atoms with Gasteiger partial charge in [-0.2, -0.15) is 13.2 Å². The summed E-state index contributed by atoms with van der Waals surface area (Å²) in [6.45, 7) is 1.44. The molecule has 2 aromatic carbocycles. The third kappa shape index (κ3) is 7.35. The number of pyridine rings is 1. The fraction of sp³-hybridized carbons (Fsp3) is 0.0952. The molecule has 0 spiro atoms. The topological polar surface area (TPSA) is 112 Å². The summed E-state index contributed by atoms with van der Waals surface area (Å²) in [7, 11) is 0. The molecule has 0 saturated heterocycles. The predicted molar refractivity (Wildman–Crippen MR) is 108 cm³/mol. The summed E-state index contributed by atoms with van der Waals surface area (Å²) in [6.07, 6.45) is -3.11. The average molecular weight is 433 g/mol. The molecule has 31 heavy (non-hydrogen) atoms. The minimum absolute atomic E-state index is 0.0145. The first-order chi connectivity index (χ1) is 14.6. The van der Waals surface area contributed by atoms with Crippen molar-refractivity contribution in [3.8, 4) is 5.75 Å². The molecule has 1 aromatic heterocycles. The van der Waals surface area contributed by atoms with E-state index < -0.39 is 17.7 Å². The maximum atomic E-state index is 12.6. The van der Waals surface area contributed by atoms with Crippen LogP contribution in [-0.2, 0) is 11.0 Å². The number of nitrogens with one attached hydrogen (secondary N) is 2. The van der Waals surface area contributed by atoms with Crippen molar-refractivity contribution >= 4 is 29.1 Å². The van der Waals surface area contributed by atoms with Gasteiger partial charge in [-0.3, -0.25) is 4.79 Å². The first-order valence-electron chi connectivity index (χ1n) is 8.75. The number of benzene rings is 2. The van der Waals surface area contributed by atoms with Gasteiger partial charge in [-0.1, -0.05) is 6.07 Å². The van der Waals surface area contributed by atoms with Crippen molar-refractivity contribution < 1.29 is 33.0 Å². The second kappa shape index (κ2) is 10.1. The largest absolute Gasteiger partial charge is 0.508 e. The number of aromatic nitrogens is 1. The number of hydrogen-bond donors (Lipinski definition) is 4. The van der Waals surface area contributed by atoms with Crippen LogP contribution in [0.4, 0.5) is 30.4 Å². The lowest BCUT2D eigenvalue weighted by molar-refractivity contribution is -0.137. The average Bonchev–Trinajstić information content (AvgIpc) is 2.70. The van der Waals surface area contributed by atoms with E-state index in [0.717, 1.165) is 12.1 Å². The monoisotopic (exact) mass is 433 g/mol. The molecular weight excluding hydrogens is 415 g/mol. The van der Waals surface area contributed by atoms with E-state index in [9.17, 15) is 22.8 Å². The summed E-state index contributed by atoms with van der Waals surface area (Å²) in [5.74, 6) is -1.15. The lowest BCUT2D eigenvalue weighted by Crippen LogP contribution is -2.07. The molecule has 0 fully saturated rings. The Labute approximate surface area is 175 Å². The summed E-state index contributed by atoms with van der Waals surface area (Å²) in [5.41, 5.74) is -0.142. The molecule has 0 unspecified atom stereocenters. The Hall–Kier alpha value is -4.08. The molecule has 0 radical (unpaired) electrons. The maximum Gasteiger partial charge on any atom is 0.416 e. The van der Waals surface area contributed by atoms with Gasteiger partial charge >= 0.3 is 12.1 Å². The number of carbonyl (C=O) groups excluding carboxylic acids is 1. The number of carboxylic acid groups (broad SMARTS) is 1. The van der Waals surface area contributed by atoms with Gasteiger partial charge < -0.3 is 20.8 Å². The molecule has 0 aliphatic heterocycles. The first kappa shape index (κ1) is 23.2. The van der Waals surface area contributed by atoms with Gasteiger partial charge in [0.1, 0.15) is 17.1 Å². The van der Waals surface area contributed by atoms with E-state index in [1.165, 1.54) is 49.5 Å². The van der Waals surface area contributed by atoms with Crippen LogP contribution < -0.4 is 10.6 Å². The van der Waals surface area contributed by atoms with E-state index in [-0.39, 0.29) is 28.7 Å². The zero-order valence-electron chi connectivity index (χ0n) is 16.1. The molecule has 0 bridgehead atoms. The number of amides is 1. The molecule has 0 aliphatic carbocycles. The van der Waals surface area contributed by atoms with Gasteiger partial charge in [0.05, 0.1) is 5.56 Å². The number of anilines is 3. The van der Waals surface area contributed by atoms with Crippen molar-refractivity contribution in [2.75, 3.05) is 10.6 Å². The molecule has 0 saturated carbocycles. The molecule has 0 atom stereocenters. The zero-order chi connectivity index (χ0) is 23.0. The second-order valence-corrected chi connectivity index (χ2v) is 6.14. The van der Waals surface area contributed by atoms with Crippen LogP contribution in [0.25, 0.3) is 0 Å². The van der Waals surface area contributed by atoms with Crippen LogP contribution in [-0.4, -0.2) is 27.1 Å². The molecule has 10 heteroatoms. The molecule has 1 heterocycles. The van der Waals surface area contributed by atoms with Gasteiger partial charge in [0.15, 0.2) is 0 Å². The number of aromatic carboxylic acids is 1. The predicted octanol–water partition coefficient (Wildman–Crippen LogP) is 4.89. The Morgan fingerprint density at radius 2 is 1.65 bits per heavy atom. The number of carboxylic acids is 1. The summed E-state index contributed by atoms with van der Waals surface area (Å²) >= 11 is 0. The Morgan fingerprint density at radius 1 is 0.968 bits per heavy atom. The van der Waals surface area contributed by atoms with Crippen LogP contribution in [0.5, 0.6) is 5.75 Å². The van der Waals surface area contributed by atoms with Gasteiger partial charge in [0, 0.05) is 24.5 Å². The number of phenols is 1. The number of nitrogens with zero attached hydrogens (tertiary/aromatic N) is 1. The lowest BCUT2D eigenvalue weighted by Gasteiger charge is -2.11. The first-order valence-corrected chi connectivity index (χ1v) is 8.75. The number of carbonyl (C=O) groups is 2. The fourth-order valence-corrected chi connectivity index (χ4v) is 2.34. The van der Waals surface area contributed by atoms with E-state index in [0.29, 0.717) is 5.69 Å².